The first kappa shape index (κ1) is 25.8. The van der Waals surface area contributed by atoms with Gasteiger partial charge in [0.2, 0.25) is 0 Å². The van der Waals surface area contributed by atoms with Crippen molar-refractivity contribution in [3.63, 3.8) is 0 Å². The summed E-state index contributed by atoms with van der Waals surface area (Å²) in [6.07, 6.45) is 3.38. The van der Waals surface area contributed by atoms with Crippen molar-refractivity contribution in [3.05, 3.63) is 77.6 Å². The fourth-order valence-corrected chi connectivity index (χ4v) is 3.77. The van der Waals surface area contributed by atoms with E-state index in [4.69, 9.17) is 4.74 Å². The molecule has 0 saturated carbocycles. The average Bonchev–Trinajstić information content (AvgIpc) is 3.44. The van der Waals surface area contributed by atoms with Gasteiger partial charge in [0.05, 0.1) is 54.7 Å². The molecule has 4 N–H and O–H groups in total. The molecular formula is C25H24FN9O3. The van der Waals surface area contributed by atoms with E-state index in [9.17, 15) is 15.2 Å². The van der Waals surface area contributed by atoms with E-state index in [0.717, 1.165) is 6.07 Å². The Morgan fingerprint density at radius 2 is 1.89 bits per heavy atom. The second-order valence-electron chi connectivity index (χ2n) is 8.23. The smallest absolute Gasteiger partial charge is 0.404 e. The molecular weight excluding hydrogens is 493 g/mol. The maximum atomic E-state index is 15.1. The number of methoxy groups -OCH3 is 1. The number of hydrogen-bond acceptors (Lipinski definition) is 9. The molecule has 0 spiro atoms. The highest BCUT2D eigenvalue weighted by Crippen LogP contribution is 2.29. The molecule has 2 atom stereocenters. The van der Waals surface area contributed by atoms with Crippen LogP contribution in [0, 0.1) is 24.1 Å². The lowest BCUT2D eigenvalue weighted by atomic mass is 10.00. The summed E-state index contributed by atoms with van der Waals surface area (Å²) in [6, 6.07) is 10.2. The van der Waals surface area contributed by atoms with Crippen molar-refractivity contribution < 1.29 is 19.0 Å². The molecule has 194 valence electrons. The van der Waals surface area contributed by atoms with Crippen LogP contribution in [0.2, 0.25) is 0 Å². The molecule has 0 aliphatic heterocycles. The number of aromatic nitrogens is 5. The predicted octanol–water partition coefficient (Wildman–Crippen LogP) is 3.94. The number of benzene rings is 1. The van der Waals surface area contributed by atoms with E-state index in [1.54, 1.807) is 50.4 Å². The first-order valence-corrected chi connectivity index (χ1v) is 11.4. The monoisotopic (exact) mass is 517 g/mol. The molecule has 0 aliphatic rings. The fraction of sp³-hybridized carbons (Fsp3) is 0.200. The van der Waals surface area contributed by atoms with E-state index in [-0.39, 0.29) is 17.2 Å². The second-order valence-corrected chi connectivity index (χ2v) is 8.23. The SMILES string of the molecule is COc1ccc([C@@H](Nc2nc(Nc3cnc(C)c(-n4nccn4)c3)c(C#N)cc2F)[C@H](C)NC(=O)O)cc1. The number of halogens is 1. The van der Waals surface area contributed by atoms with E-state index in [1.807, 2.05) is 6.07 Å². The maximum absolute atomic E-state index is 15.1. The minimum Gasteiger partial charge on any atom is -0.497 e. The van der Waals surface area contributed by atoms with Gasteiger partial charge in [-0.15, -0.1) is 4.80 Å². The van der Waals surface area contributed by atoms with Crippen molar-refractivity contribution in [3.8, 4) is 17.5 Å². The second kappa shape index (κ2) is 11.2. The van der Waals surface area contributed by atoms with Crippen LogP contribution in [-0.4, -0.2) is 49.3 Å². The molecule has 13 heteroatoms. The number of pyridine rings is 2. The maximum Gasteiger partial charge on any atom is 0.404 e. The minimum absolute atomic E-state index is 0.0369. The average molecular weight is 518 g/mol. The molecule has 1 amide bonds. The van der Waals surface area contributed by atoms with Crippen molar-refractivity contribution in [2.45, 2.75) is 25.9 Å². The normalized spacial score (nSPS) is 12.2. The van der Waals surface area contributed by atoms with Gasteiger partial charge in [0.15, 0.2) is 17.5 Å². The number of rotatable bonds is 9. The van der Waals surface area contributed by atoms with Gasteiger partial charge in [-0.1, -0.05) is 12.1 Å². The lowest BCUT2D eigenvalue weighted by molar-refractivity contribution is 0.189. The summed E-state index contributed by atoms with van der Waals surface area (Å²) < 4.78 is 20.3. The molecule has 38 heavy (non-hydrogen) atoms. The third kappa shape index (κ3) is 5.76. The van der Waals surface area contributed by atoms with Gasteiger partial charge in [-0.2, -0.15) is 15.5 Å². The number of anilines is 3. The van der Waals surface area contributed by atoms with E-state index in [2.05, 4.69) is 36.1 Å². The van der Waals surface area contributed by atoms with Crippen LogP contribution in [0.25, 0.3) is 5.69 Å². The van der Waals surface area contributed by atoms with Gasteiger partial charge in [-0.3, -0.25) is 4.98 Å². The summed E-state index contributed by atoms with van der Waals surface area (Å²) in [5.41, 5.74) is 2.37. The molecule has 3 aromatic heterocycles. The number of ether oxygens (including phenoxy) is 1. The molecule has 0 fully saturated rings. The molecule has 0 radical (unpaired) electrons. The van der Waals surface area contributed by atoms with Crippen LogP contribution in [-0.2, 0) is 0 Å². The Morgan fingerprint density at radius 1 is 1.18 bits per heavy atom. The van der Waals surface area contributed by atoms with Crippen LogP contribution >= 0.6 is 0 Å². The lowest BCUT2D eigenvalue weighted by Crippen LogP contribution is -2.39. The molecule has 0 saturated heterocycles. The molecule has 1 aromatic carbocycles. The Morgan fingerprint density at radius 3 is 2.53 bits per heavy atom. The third-order valence-electron chi connectivity index (χ3n) is 5.67. The summed E-state index contributed by atoms with van der Waals surface area (Å²) in [6.45, 7) is 3.44. The minimum atomic E-state index is -1.23. The van der Waals surface area contributed by atoms with Crippen molar-refractivity contribution >= 4 is 23.4 Å². The van der Waals surface area contributed by atoms with Crippen molar-refractivity contribution in [1.82, 2.24) is 30.3 Å². The van der Waals surface area contributed by atoms with Crippen LogP contribution < -0.4 is 20.7 Å². The number of carbonyl (C=O) groups is 1. The van der Waals surface area contributed by atoms with Gasteiger partial charge in [0, 0.05) is 0 Å². The lowest BCUT2D eigenvalue weighted by Gasteiger charge is -2.26. The molecule has 4 aromatic rings. The standard InChI is InChI=1S/C25H24FN9O3/c1-14-21(35-29-8-9-30-35)11-18(13-28-14)32-23-17(12-27)10-20(26)24(34-23)33-22(15(2)31-25(36)37)16-4-6-19(38-3)7-5-16/h4-11,13,15,22,31H,1-3H3,(H,36,37)(H2,32,33,34)/t15-,22-/m0/s1. The van der Waals surface area contributed by atoms with Gasteiger partial charge in [0.1, 0.15) is 17.5 Å². The number of nitrogens with one attached hydrogen (secondary N) is 3. The zero-order valence-electron chi connectivity index (χ0n) is 20.7. The van der Waals surface area contributed by atoms with Crippen molar-refractivity contribution in [2.75, 3.05) is 17.7 Å². The van der Waals surface area contributed by atoms with Gasteiger partial charge < -0.3 is 25.8 Å². The number of nitriles is 1. The number of amides is 1. The molecule has 0 aliphatic carbocycles. The summed E-state index contributed by atoms with van der Waals surface area (Å²) in [4.78, 5) is 21.4. The third-order valence-corrected chi connectivity index (χ3v) is 5.67. The fourth-order valence-electron chi connectivity index (χ4n) is 3.77. The highest BCUT2D eigenvalue weighted by atomic mass is 19.1. The van der Waals surface area contributed by atoms with E-state index < -0.39 is 24.0 Å². The highest BCUT2D eigenvalue weighted by Gasteiger charge is 2.24. The van der Waals surface area contributed by atoms with Gasteiger partial charge in [0.25, 0.3) is 0 Å². The Labute approximate surface area is 217 Å². The number of aryl methyl sites for hydroxylation is 1. The van der Waals surface area contributed by atoms with Crippen LogP contribution in [0.1, 0.15) is 29.8 Å². The summed E-state index contributed by atoms with van der Waals surface area (Å²) in [7, 11) is 1.53. The van der Waals surface area contributed by atoms with E-state index in [1.165, 1.54) is 24.3 Å². The molecule has 3 heterocycles. The van der Waals surface area contributed by atoms with Crippen molar-refractivity contribution in [1.29, 1.82) is 5.26 Å². The molecule has 4 rings (SSSR count). The van der Waals surface area contributed by atoms with Crippen LogP contribution in [0.15, 0.2) is 55.0 Å². The zero-order chi connectivity index (χ0) is 27.2. The van der Waals surface area contributed by atoms with E-state index in [0.29, 0.717) is 28.4 Å². The Bertz CT molecular complexity index is 1470. The first-order chi connectivity index (χ1) is 18.3. The summed E-state index contributed by atoms with van der Waals surface area (Å²) in [5, 5.41) is 35.5. The van der Waals surface area contributed by atoms with Gasteiger partial charge in [-0.05, 0) is 43.7 Å². The quantitative estimate of drug-likeness (QED) is 0.256. The number of hydrogen-bond donors (Lipinski definition) is 4. The number of nitrogens with zero attached hydrogens (tertiary/aromatic N) is 6. The molecule has 12 nitrogen and oxygen atoms in total. The van der Waals surface area contributed by atoms with Crippen LogP contribution in [0.3, 0.4) is 0 Å². The Balaban J connectivity index is 1.69. The van der Waals surface area contributed by atoms with Crippen LogP contribution in [0.5, 0.6) is 5.75 Å². The zero-order valence-corrected chi connectivity index (χ0v) is 20.7. The summed E-state index contributed by atoms with van der Waals surface area (Å²) in [5.74, 6) is -0.275. The largest absolute Gasteiger partial charge is 0.497 e. The van der Waals surface area contributed by atoms with Crippen LogP contribution in [0.4, 0.5) is 26.5 Å². The number of carboxylic acid groups (broad SMARTS) is 1. The summed E-state index contributed by atoms with van der Waals surface area (Å²) >= 11 is 0. The van der Waals surface area contributed by atoms with Gasteiger partial charge >= 0.3 is 6.09 Å². The molecule has 0 bridgehead atoms. The predicted molar refractivity (Wildman–Crippen MR) is 136 cm³/mol. The Kier molecular flexibility index (Phi) is 7.62. The first-order valence-electron chi connectivity index (χ1n) is 11.4. The van der Waals surface area contributed by atoms with Crippen molar-refractivity contribution in [2.24, 2.45) is 0 Å². The Hall–Kier alpha value is -5.25. The molecule has 0 unspecified atom stereocenters. The topological polar surface area (TPSA) is 163 Å². The highest BCUT2D eigenvalue weighted by molar-refractivity contribution is 5.67. The van der Waals surface area contributed by atoms with Gasteiger partial charge in [-0.25, -0.2) is 14.2 Å². The van der Waals surface area contributed by atoms with E-state index >= 15 is 4.39 Å².